The van der Waals surface area contributed by atoms with Crippen molar-refractivity contribution in [2.75, 3.05) is 19.0 Å². The van der Waals surface area contributed by atoms with Gasteiger partial charge in [-0.1, -0.05) is 19.3 Å². The summed E-state index contributed by atoms with van der Waals surface area (Å²) >= 11 is 0. The van der Waals surface area contributed by atoms with Gasteiger partial charge in [-0.05, 0) is 37.1 Å². The fourth-order valence-electron chi connectivity index (χ4n) is 3.29. The van der Waals surface area contributed by atoms with E-state index >= 15 is 0 Å². The molecule has 2 fully saturated rings. The van der Waals surface area contributed by atoms with Crippen LogP contribution in [-0.4, -0.2) is 42.5 Å². The molecule has 1 aliphatic heterocycles. The summed E-state index contributed by atoms with van der Waals surface area (Å²) in [6.07, 6.45) is 4.12. The van der Waals surface area contributed by atoms with E-state index in [9.17, 15) is 14.4 Å². The van der Waals surface area contributed by atoms with E-state index in [1.165, 1.54) is 0 Å². The minimum atomic E-state index is -0.836. The fraction of sp³-hybridized carbons (Fsp3) is 0.471. The Morgan fingerprint density at radius 1 is 1.12 bits per heavy atom. The minimum absolute atomic E-state index is 0.356. The molecule has 4 amide bonds. The average molecular weight is 330 g/mol. The van der Waals surface area contributed by atoms with Crippen LogP contribution >= 0.6 is 0 Å². The Kier molecular flexibility index (Phi) is 4.17. The lowest BCUT2D eigenvalue weighted by Gasteiger charge is -2.30. The van der Waals surface area contributed by atoms with Crippen LogP contribution in [0.15, 0.2) is 24.3 Å². The second-order valence-corrected chi connectivity index (χ2v) is 6.60. The van der Waals surface area contributed by atoms with E-state index in [-0.39, 0.29) is 5.91 Å². The van der Waals surface area contributed by atoms with E-state index in [1.54, 1.807) is 12.1 Å². The molecule has 24 heavy (non-hydrogen) atoms. The van der Waals surface area contributed by atoms with Gasteiger partial charge in [-0.2, -0.15) is 5.01 Å². The molecule has 1 saturated carbocycles. The standard InChI is InChI=1S/C17H22N4O3/c1-20(2)13-8-6-12(7-9-13)14(22)19-21-15(23)17(18-16(21)24)10-4-3-5-11-17/h6-9H,3-5,10-11H2,1-2H3,(H,18,24)(H,19,22). The molecule has 1 saturated heterocycles. The zero-order valence-electron chi connectivity index (χ0n) is 14.0. The SMILES string of the molecule is CN(C)c1ccc(C(=O)NN2C(=O)NC3(CCCCC3)C2=O)cc1. The lowest BCUT2D eigenvalue weighted by atomic mass is 9.82. The van der Waals surface area contributed by atoms with Gasteiger partial charge in [0, 0.05) is 25.3 Å². The van der Waals surface area contributed by atoms with Gasteiger partial charge in [-0.15, -0.1) is 0 Å². The molecule has 0 atom stereocenters. The Balaban J connectivity index is 1.72. The van der Waals surface area contributed by atoms with E-state index in [0.717, 1.165) is 30.0 Å². The van der Waals surface area contributed by atoms with E-state index < -0.39 is 17.5 Å². The summed E-state index contributed by atoms with van der Waals surface area (Å²) in [5, 5.41) is 3.59. The molecule has 7 nitrogen and oxygen atoms in total. The zero-order chi connectivity index (χ0) is 17.3. The van der Waals surface area contributed by atoms with Gasteiger partial charge < -0.3 is 10.2 Å². The minimum Gasteiger partial charge on any atom is -0.378 e. The number of urea groups is 1. The lowest BCUT2D eigenvalue weighted by Crippen LogP contribution is -2.50. The van der Waals surface area contributed by atoms with Crippen LogP contribution in [0.3, 0.4) is 0 Å². The number of carbonyl (C=O) groups is 3. The summed E-state index contributed by atoms with van der Waals surface area (Å²) in [5.74, 6) is -0.831. The van der Waals surface area contributed by atoms with Crippen LogP contribution in [0.5, 0.6) is 0 Å². The summed E-state index contributed by atoms with van der Waals surface area (Å²) in [6.45, 7) is 0. The maximum Gasteiger partial charge on any atom is 0.344 e. The van der Waals surface area contributed by atoms with Crippen LogP contribution in [0.4, 0.5) is 10.5 Å². The molecule has 128 valence electrons. The van der Waals surface area contributed by atoms with Gasteiger partial charge in [0.05, 0.1) is 0 Å². The number of hydrazine groups is 1. The third-order valence-corrected chi connectivity index (χ3v) is 4.73. The Morgan fingerprint density at radius 3 is 2.33 bits per heavy atom. The first-order valence-electron chi connectivity index (χ1n) is 8.18. The predicted octanol–water partition coefficient (Wildman–Crippen LogP) is 1.65. The molecular weight excluding hydrogens is 308 g/mol. The first-order chi connectivity index (χ1) is 11.4. The third-order valence-electron chi connectivity index (χ3n) is 4.73. The van der Waals surface area contributed by atoms with Crippen LogP contribution in [0.2, 0.25) is 0 Å². The van der Waals surface area contributed by atoms with Crippen molar-refractivity contribution in [1.29, 1.82) is 0 Å². The molecule has 0 bridgehead atoms. The van der Waals surface area contributed by atoms with Gasteiger partial charge in [0.1, 0.15) is 5.54 Å². The molecule has 0 unspecified atom stereocenters. The normalized spacial score (nSPS) is 19.3. The monoisotopic (exact) mass is 330 g/mol. The summed E-state index contributed by atoms with van der Waals surface area (Å²) in [4.78, 5) is 39.0. The van der Waals surface area contributed by atoms with E-state index in [2.05, 4.69) is 10.7 Å². The molecule has 1 heterocycles. The van der Waals surface area contributed by atoms with Crippen molar-refractivity contribution in [2.45, 2.75) is 37.6 Å². The van der Waals surface area contributed by atoms with Gasteiger partial charge in [0.2, 0.25) is 0 Å². The molecule has 0 radical (unpaired) electrons. The summed E-state index contributed by atoms with van der Waals surface area (Å²) in [7, 11) is 3.82. The first kappa shape index (κ1) is 16.3. The summed E-state index contributed by atoms with van der Waals surface area (Å²) in [6, 6.07) is 6.39. The molecule has 1 aromatic rings. The van der Waals surface area contributed by atoms with Crippen LogP contribution in [0.25, 0.3) is 0 Å². The highest BCUT2D eigenvalue weighted by molar-refractivity contribution is 6.09. The van der Waals surface area contributed by atoms with Gasteiger partial charge >= 0.3 is 6.03 Å². The van der Waals surface area contributed by atoms with Gasteiger partial charge in [0.15, 0.2) is 0 Å². The molecule has 1 aromatic carbocycles. The molecule has 2 N–H and O–H groups in total. The highest BCUT2D eigenvalue weighted by Crippen LogP contribution is 2.33. The van der Waals surface area contributed by atoms with Crippen molar-refractivity contribution in [3.63, 3.8) is 0 Å². The molecule has 0 aromatic heterocycles. The molecule has 1 aliphatic carbocycles. The molecule has 7 heteroatoms. The van der Waals surface area contributed by atoms with Crippen molar-refractivity contribution < 1.29 is 14.4 Å². The highest BCUT2D eigenvalue weighted by atomic mass is 16.2. The van der Waals surface area contributed by atoms with Crippen molar-refractivity contribution >= 4 is 23.5 Å². The average Bonchev–Trinajstić information content (AvgIpc) is 2.79. The lowest BCUT2D eigenvalue weighted by molar-refractivity contribution is -0.134. The topological polar surface area (TPSA) is 81.8 Å². The van der Waals surface area contributed by atoms with E-state index in [0.29, 0.717) is 18.4 Å². The Hall–Kier alpha value is -2.57. The Labute approximate surface area is 141 Å². The summed E-state index contributed by atoms with van der Waals surface area (Å²) < 4.78 is 0. The number of imide groups is 1. The maximum atomic E-state index is 12.6. The molecule has 1 spiro atoms. The van der Waals surface area contributed by atoms with Crippen LogP contribution in [-0.2, 0) is 4.79 Å². The molecular formula is C17H22N4O3. The highest BCUT2D eigenvalue weighted by Gasteiger charge is 2.52. The smallest absolute Gasteiger partial charge is 0.344 e. The van der Waals surface area contributed by atoms with Gasteiger partial charge in [0.25, 0.3) is 11.8 Å². The van der Waals surface area contributed by atoms with Crippen LogP contribution < -0.4 is 15.6 Å². The summed E-state index contributed by atoms with van der Waals surface area (Å²) in [5.41, 5.74) is 2.95. The van der Waals surface area contributed by atoms with Crippen molar-refractivity contribution in [3.8, 4) is 0 Å². The van der Waals surface area contributed by atoms with E-state index in [1.807, 2.05) is 31.1 Å². The quantitative estimate of drug-likeness (QED) is 0.826. The van der Waals surface area contributed by atoms with Crippen LogP contribution in [0, 0.1) is 0 Å². The second-order valence-electron chi connectivity index (χ2n) is 6.60. The predicted molar refractivity (Wildman–Crippen MR) is 89.4 cm³/mol. The van der Waals surface area contributed by atoms with E-state index in [4.69, 9.17) is 0 Å². The number of nitrogens with one attached hydrogen (secondary N) is 2. The first-order valence-corrected chi connectivity index (χ1v) is 8.18. The fourth-order valence-corrected chi connectivity index (χ4v) is 3.29. The van der Waals surface area contributed by atoms with Crippen molar-refractivity contribution in [1.82, 2.24) is 15.8 Å². The maximum absolute atomic E-state index is 12.6. The van der Waals surface area contributed by atoms with Gasteiger partial charge in [-0.25, -0.2) is 4.79 Å². The van der Waals surface area contributed by atoms with Gasteiger partial charge in [-0.3, -0.25) is 15.0 Å². The number of hydrogen-bond acceptors (Lipinski definition) is 4. The number of carbonyl (C=O) groups excluding carboxylic acids is 3. The molecule has 3 rings (SSSR count). The number of hydrogen-bond donors (Lipinski definition) is 2. The largest absolute Gasteiger partial charge is 0.378 e. The van der Waals surface area contributed by atoms with Crippen molar-refractivity contribution in [3.05, 3.63) is 29.8 Å². The van der Waals surface area contributed by atoms with Crippen molar-refractivity contribution in [2.24, 2.45) is 0 Å². The molecule has 2 aliphatic rings. The zero-order valence-corrected chi connectivity index (χ0v) is 14.0. The van der Waals surface area contributed by atoms with Crippen LogP contribution in [0.1, 0.15) is 42.5 Å². The number of rotatable bonds is 3. The Morgan fingerprint density at radius 2 is 1.75 bits per heavy atom. The third kappa shape index (κ3) is 2.81. The number of amides is 4. The Bertz CT molecular complexity index is 663. The second kappa shape index (κ2) is 6.14. The number of nitrogens with zero attached hydrogens (tertiary/aromatic N) is 2. The number of benzene rings is 1. The number of anilines is 1.